The van der Waals surface area contributed by atoms with Crippen LogP contribution < -0.4 is 0 Å². The predicted molar refractivity (Wildman–Crippen MR) is 73.9 cm³/mol. The molecular formula is C11H17FN2O3S2. The fourth-order valence-electron chi connectivity index (χ4n) is 1.43. The highest BCUT2D eigenvalue weighted by molar-refractivity contribution is 8.01. The average Bonchev–Trinajstić information content (AvgIpc) is 2.25. The highest BCUT2D eigenvalue weighted by atomic mass is 32.3. The molecule has 1 atom stereocenters. The molecule has 0 heterocycles. The van der Waals surface area contributed by atoms with E-state index in [-0.39, 0.29) is 0 Å². The molecule has 108 valence electrons. The van der Waals surface area contributed by atoms with Crippen molar-refractivity contribution in [1.82, 2.24) is 4.31 Å². The lowest BCUT2D eigenvalue weighted by molar-refractivity contribution is 0.399. The molecule has 0 saturated heterocycles. The maximum atomic E-state index is 12.8. The van der Waals surface area contributed by atoms with Gasteiger partial charge in [-0.3, -0.25) is 0 Å². The molecule has 1 unspecified atom stereocenters. The van der Waals surface area contributed by atoms with E-state index < -0.39 is 31.8 Å². The SMILES string of the molecule is CC(c1ccc(F)cc1)N(C)S(=O)(=O)N=S(C)(C)=O. The molecule has 0 aliphatic rings. The first kappa shape index (κ1) is 16.1. The Bertz CT molecular complexity index is 654. The second kappa shape index (κ2) is 5.56. The van der Waals surface area contributed by atoms with E-state index in [1.165, 1.54) is 43.8 Å². The van der Waals surface area contributed by atoms with Gasteiger partial charge in [-0.2, -0.15) is 12.7 Å². The van der Waals surface area contributed by atoms with Gasteiger partial charge in [0.15, 0.2) is 0 Å². The van der Waals surface area contributed by atoms with Crippen molar-refractivity contribution in [2.45, 2.75) is 13.0 Å². The van der Waals surface area contributed by atoms with Crippen molar-refractivity contribution in [3.8, 4) is 0 Å². The van der Waals surface area contributed by atoms with Gasteiger partial charge in [0.2, 0.25) is 0 Å². The Morgan fingerprint density at radius 3 is 2.05 bits per heavy atom. The van der Waals surface area contributed by atoms with Crippen molar-refractivity contribution < 1.29 is 17.0 Å². The Morgan fingerprint density at radius 2 is 1.63 bits per heavy atom. The molecule has 1 rings (SSSR count). The quantitative estimate of drug-likeness (QED) is 0.851. The van der Waals surface area contributed by atoms with Gasteiger partial charge >= 0.3 is 10.2 Å². The molecule has 0 aliphatic carbocycles. The van der Waals surface area contributed by atoms with Crippen LogP contribution in [0.1, 0.15) is 18.5 Å². The molecule has 1 aromatic carbocycles. The van der Waals surface area contributed by atoms with Crippen LogP contribution in [0.25, 0.3) is 0 Å². The lowest BCUT2D eigenvalue weighted by Gasteiger charge is -2.22. The third-order valence-electron chi connectivity index (χ3n) is 2.54. The Balaban J connectivity index is 3.10. The van der Waals surface area contributed by atoms with Crippen LogP contribution in [0.4, 0.5) is 4.39 Å². The van der Waals surface area contributed by atoms with Crippen LogP contribution in [-0.2, 0) is 19.9 Å². The molecule has 0 spiro atoms. The lowest BCUT2D eigenvalue weighted by atomic mass is 10.1. The van der Waals surface area contributed by atoms with E-state index in [1.54, 1.807) is 6.92 Å². The second-order valence-electron chi connectivity index (χ2n) is 4.48. The van der Waals surface area contributed by atoms with E-state index in [0.29, 0.717) is 5.56 Å². The highest BCUT2D eigenvalue weighted by Gasteiger charge is 2.24. The van der Waals surface area contributed by atoms with Crippen LogP contribution in [0.2, 0.25) is 0 Å². The summed E-state index contributed by atoms with van der Waals surface area (Å²) in [5, 5.41) is 0. The van der Waals surface area contributed by atoms with Crippen molar-refractivity contribution in [3.63, 3.8) is 0 Å². The molecule has 0 saturated carbocycles. The van der Waals surface area contributed by atoms with Gasteiger partial charge < -0.3 is 0 Å². The van der Waals surface area contributed by atoms with Gasteiger partial charge in [-0.15, -0.1) is 0 Å². The van der Waals surface area contributed by atoms with Gasteiger partial charge in [0, 0.05) is 25.6 Å². The van der Waals surface area contributed by atoms with Gasteiger partial charge in [0.1, 0.15) is 5.82 Å². The minimum absolute atomic E-state index is 0.392. The first-order chi connectivity index (χ1) is 8.53. The zero-order valence-corrected chi connectivity index (χ0v) is 12.8. The Labute approximate surface area is 113 Å². The minimum atomic E-state index is -3.99. The molecule has 0 amide bonds. The van der Waals surface area contributed by atoms with Gasteiger partial charge in [0.05, 0.1) is 9.73 Å². The van der Waals surface area contributed by atoms with Crippen molar-refractivity contribution in [1.29, 1.82) is 0 Å². The molecule has 0 radical (unpaired) electrons. The Kier molecular flexibility index (Phi) is 4.70. The zero-order chi connectivity index (χ0) is 14.8. The molecule has 0 aromatic heterocycles. The van der Waals surface area contributed by atoms with E-state index in [0.717, 1.165) is 4.31 Å². The molecule has 0 N–H and O–H groups in total. The minimum Gasteiger partial charge on any atom is -0.249 e. The van der Waals surface area contributed by atoms with Crippen molar-refractivity contribution in [2.75, 3.05) is 19.6 Å². The summed E-state index contributed by atoms with van der Waals surface area (Å²) >= 11 is 0. The third kappa shape index (κ3) is 4.55. The number of benzene rings is 1. The van der Waals surface area contributed by atoms with Crippen LogP contribution >= 0.6 is 0 Å². The summed E-state index contributed by atoms with van der Waals surface area (Å²) in [5.41, 5.74) is 0.626. The fourth-order valence-corrected chi connectivity index (χ4v) is 4.19. The molecular weight excluding hydrogens is 291 g/mol. The largest absolute Gasteiger partial charge is 0.330 e. The molecule has 0 bridgehead atoms. The third-order valence-corrected chi connectivity index (χ3v) is 5.77. The normalized spacial score (nSPS) is 14.4. The van der Waals surface area contributed by atoms with Gasteiger partial charge in [0.25, 0.3) is 0 Å². The molecule has 0 aliphatic heterocycles. The first-order valence-electron chi connectivity index (χ1n) is 5.45. The van der Waals surface area contributed by atoms with Crippen LogP contribution in [-0.4, -0.2) is 36.5 Å². The van der Waals surface area contributed by atoms with E-state index in [4.69, 9.17) is 0 Å². The standard InChI is InChI=1S/C11H17FN2O3S2/c1-9(10-5-7-11(12)8-6-10)14(2)19(16,17)13-18(3,4)15/h5-9H,1-4H3. The first-order valence-corrected chi connectivity index (χ1v) is 9.17. The van der Waals surface area contributed by atoms with E-state index in [2.05, 4.69) is 3.77 Å². The lowest BCUT2D eigenvalue weighted by Crippen LogP contribution is -2.28. The van der Waals surface area contributed by atoms with Crippen molar-refractivity contribution in [2.24, 2.45) is 3.77 Å². The van der Waals surface area contributed by atoms with Crippen molar-refractivity contribution >= 4 is 19.9 Å². The van der Waals surface area contributed by atoms with Gasteiger partial charge in [-0.05, 0) is 24.6 Å². The van der Waals surface area contributed by atoms with Crippen LogP contribution in [0.15, 0.2) is 28.0 Å². The Hall–Kier alpha value is -0.990. The average molecular weight is 308 g/mol. The summed E-state index contributed by atoms with van der Waals surface area (Å²) in [6, 6.07) is 4.98. The molecule has 1 aromatic rings. The number of hydrogen-bond acceptors (Lipinski definition) is 3. The summed E-state index contributed by atoms with van der Waals surface area (Å²) in [5.74, 6) is -0.392. The molecule has 5 nitrogen and oxygen atoms in total. The second-order valence-corrected chi connectivity index (χ2v) is 8.91. The van der Waals surface area contributed by atoms with Crippen LogP contribution in [0, 0.1) is 5.82 Å². The van der Waals surface area contributed by atoms with Crippen LogP contribution in [0.5, 0.6) is 0 Å². The number of hydrogen-bond donors (Lipinski definition) is 0. The van der Waals surface area contributed by atoms with Gasteiger partial charge in [-0.1, -0.05) is 15.9 Å². The summed E-state index contributed by atoms with van der Waals surface area (Å²) in [6.07, 6.45) is 2.50. The van der Waals surface area contributed by atoms with Gasteiger partial charge in [-0.25, -0.2) is 8.60 Å². The van der Waals surface area contributed by atoms with E-state index >= 15 is 0 Å². The highest BCUT2D eigenvalue weighted by Crippen LogP contribution is 2.22. The fraction of sp³-hybridized carbons (Fsp3) is 0.455. The Morgan fingerprint density at radius 1 is 1.16 bits per heavy atom. The van der Waals surface area contributed by atoms with Crippen molar-refractivity contribution in [3.05, 3.63) is 35.6 Å². The molecule has 8 heteroatoms. The van der Waals surface area contributed by atoms with E-state index in [1.807, 2.05) is 0 Å². The summed E-state index contributed by atoms with van der Waals surface area (Å²) < 4.78 is 52.5. The maximum Gasteiger partial charge on any atom is 0.330 e. The predicted octanol–water partition coefficient (Wildman–Crippen LogP) is 1.79. The summed E-state index contributed by atoms with van der Waals surface area (Å²) in [6.45, 7) is 1.65. The number of rotatable bonds is 4. The zero-order valence-electron chi connectivity index (χ0n) is 11.2. The topological polar surface area (TPSA) is 66.8 Å². The maximum absolute atomic E-state index is 12.8. The summed E-state index contributed by atoms with van der Waals surface area (Å²) in [7, 11) is -5.40. The molecule has 0 fully saturated rings. The van der Waals surface area contributed by atoms with Crippen LogP contribution in [0.3, 0.4) is 0 Å². The smallest absolute Gasteiger partial charge is 0.249 e. The number of nitrogens with zero attached hydrogens (tertiary/aromatic N) is 2. The van der Waals surface area contributed by atoms with E-state index in [9.17, 15) is 17.0 Å². The monoisotopic (exact) mass is 308 g/mol. The molecule has 19 heavy (non-hydrogen) atoms. The summed E-state index contributed by atoms with van der Waals surface area (Å²) in [4.78, 5) is 0. The number of halogens is 1.